The quantitative estimate of drug-likeness (QED) is 0.0843. The Balaban J connectivity index is 0.000000220. The lowest BCUT2D eigenvalue weighted by Gasteiger charge is -2.44. The zero-order chi connectivity index (χ0) is 47.5. The fraction of sp³-hybridized carbons (Fsp3) is 0.0980. The average Bonchev–Trinajstić information content (AvgIpc) is 3.29. The number of alkyl halides is 12. The summed E-state index contributed by atoms with van der Waals surface area (Å²) in [4.78, 5) is 1.77. The average molecular weight is 935 g/mol. The topological polar surface area (TPSA) is 17.1 Å². The van der Waals surface area contributed by atoms with E-state index >= 15 is 0 Å². The summed E-state index contributed by atoms with van der Waals surface area (Å²) in [5.74, 6) is 0.506. The molecule has 0 aliphatic carbocycles. The second-order valence-electron chi connectivity index (χ2n) is 15.5. The molecule has 0 amide bonds. The molecule has 0 saturated heterocycles. The van der Waals surface area contributed by atoms with Gasteiger partial charge in [0.1, 0.15) is 11.9 Å². The van der Waals surface area contributed by atoms with Crippen LogP contribution in [0, 0.1) is 0 Å². The molecule has 0 unspecified atom stereocenters. The molecule has 0 N–H and O–H groups in total. The van der Waals surface area contributed by atoms with E-state index in [4.69, 9.17) is 0 Å². The Hall–Kier alpha value is -6.61. The minimum absolute atomic E-state index is 0.0114. The van der Waals surface area contributed by atoms with Crippen LogP contribution < -0.4 is 21.9 Å². The van der Waals surface area contributed by atoms with Gasteiger partial charge in [0.15, 0.2) is 19.7 Å². The summed E-state index contributed by atoms with van der Waals surface area (Å²) in [6.07, 6.45) is -22.0. The van der Waals surface area contributed by atoms with Gasteiger partial charge in [-0.05, 0) is 41.1 Å². The van der Waals surface area contributed by atoms with Crippen LogP contribution >= 0.6 is 0 Å². The van der Waals surface area contributed by atoms with Crippen molar-refractivity contribution in [3.63, 3.8) is 0 Å². The summed E-state index contributed by atoms with van der Waals surface area (Å²) in [7, 11) is -2.37. The van der Waals surface area contributed by atoms with E-state index < -0.39 is 63.0 Å². The van der Waals surface area contributed by atoms with Gasteiger partial charge in [0, 0.05) is 5.56 Å². The number of fused-ring (bicyclic) bond motifs is 1. The largest absolute Gasteiger partial charge is 0.416 e. The minimum atomic E-state index is -4.77. The van der Waals surface area contributed by atoms with Crippen molar-refractivity contribution in [1.29, 1.82) is 0 Å². The molecule has 8 aromatic rings. The highest BCUT2D eigenvalue weighted by Crippen LogP contribution is 2.35. The molecule has 1 nitrogen and oxygen atoms in total. The molecule has 0 bridgehead atoms. The molecule has 0 atom stereocenters. The van der Waals surface area contributed by atoms with Gasteiger partial charge in [0.05, 0.1) is 22.3 Å². The molecule has 66 heavy (non-hydrogen) atoms. The third kappa shape index (κ3) is 10.1. The zero-order valence-corrected chi connectivity index (χ0v) is 35.0. The van der Waals surface area contributed by atoms with E-state index in [2.05, 4.69) is 30.3 Å². The molecular weight excluding hydrogens is 899 g/mol. The van der Waals surface area contributed by atoms with Crippen molar-refractivity contribution in [2.24, 2.45) is 0 Å². The van der Waals surface area contributed by atoms with Gasteiger partial charge in [-0.1, -0.05) is 174 Å². The second kappa shape index (κ2) is 18.3. The maximum Gasteiger partial charge on any atom is 0.416 e. The SMILES string of the molecule is FC(F)(F)c1ccc([B-](c2ccc(C(F)(F)F)cc2)(c2ccc(C(F)(F)F)cc2)c2ccc(C(F)(F)F)cc2)cc1.O=[S+](Cc1ccc2ccccc2c1)(c1ccccc1)c1ccccc1. The molecule has 0 spiro atoms. The summed E-state index contributed by atoms with van der Waals surface area (Å²) in [6.45, 7) is 0. The van der Waals surface area contributed by atoms with Crippen LogP contribution in [0.3, 0.4) is 0 Å². The van der Waals surface area contributed by atoms with Crippen LogP contribution in [0.2, 0.25) is 0 Å². The van der Waals surface area contributed by atoms with Gasteiger partial charge < -0.3 is 0 Å². The Morgan fingerprint density at radius 3 is 0.924 bits per heavy atom. The van der Waals surface area contributed by atoms with E-state index in [0.717, 1.165) is 63.9 Å². The summed E-state index contributed by atoms with van der Waals surface area (Å²) >= 11 is 0. The van der Waals surface area contributed by atoms with E-state index in [0.29, 0.717) is 54.3 Å². The Bertz CT molecular complexity index is 2650. The van der Waals surface area contributed by atoms with Crippen LogP contribution in [0.1, 0.15) is 27.8 Å². The predicted molar refractivity (Wildman–Crippen MR) is 235 cm³/mol. The highest BCUT2D eigenvalue weighted by Gasteiger charge is 2.39. The van der Waals surface area contributed by atoms with E-state index in [1.165, 1.54) is 10.8 Å². The number of halogens is 12. The number of benzene rings is 8. The van der Waals surface area contributed by atoms with E-state index in [1.54, 1.807) is 0 Å². The number of rotatable bonds is 8. The maximum atomic E-state index is 14.1. The number of hydrogen-bond donors (Lipinski definition) is 0. The van der Waals surface area contributed by atoms with Crippen molar-refractivity contribution in [1.82, 2.24) is 0 Å². The first-order chi connectivity index (χ1) is 31.1. The Morgan fingerprint density at radius 1 is 0.333 bits per heavy atom. The molecule has 0 radical (unpaired) electrons. The van der Waals surface area contributed by atoms with Crippen LogP contribution in [0.25, 0.3) is 10.8 Å². The lowest BCUT2D eigenvalue weighted by molar-refractivity contribution is -0.138. The highest BCUT2D eigenvalue weighted by molar-refractivity contribution is 8.02. The standard InChI is InChI=1S/C28H16BF12.C23H19OS/c30-25(31,32)17-1-9-21(10-2-17)29(22-11-3-18(4-12-22)26(33,34)35,23-13-5-19(6-14-23)27(36,37)38)24-15-7-20(8-16-24)28(39,40)41;24-25(22-11-3-1-4-12-22,23-13-5-2-6-14-23)18-19-15-16-20-9-7-8-10-21(20)17-19/h1-16H;1-17H,18H2/q-1;+1. The molecule has 0 fully saturated rings. The van der Waals surface area contributed by atoms with Crippen molar-refractivity contribution in [3.8, 4) is 0 Å². The molecular formula is C51H35BF12OS. The van der Waals surface area contributed by atoms with Crippen molar-refractivity contribution in [2.75, 3.05) is 0 Å². The Morgan fingerprint density at radius 2 is 0.621 bits per heavy atom. The van der Waals surface area contributed by atoms with Crippen LogP contribution in [-0.2, 0) is 44.6 Å². The zero-order valence-electron chi connectivity index (χ0n) is 34.2. The van der Waals surface area contributed by atoms with Crippen LogP contribution in [0.5, 0.6) is 0 Å². The van der Waals surface area contributed by atoms with Gasteiger partial charge in [-0.25, -0.2) is 0 Å². The smallest absolute Gasteiger partial charge is 0.195 e. The molecule has 0 aliphatic rings. The Labute approximate surface area is 372 Å². The summed E-state index contributed by atoms with van der Waals surface area (Å²) < 4.78 is 174. The summed E-state index contributed by atoms with van der Waals surface area (Å²) in [5.41, 5.74) is -3.20. The molecule has 8 rings (SSSR count). The van der Waals surface area contributed by atoms with Crippen LogP contribution in [0.4, 0.5) is 52.7 Å². The fourth-order valence-corrected chi connectivity index (χ4v) is 10.6. The van der Waals surface area contributed by atoms with E-state index in [1.807, 2.05) is 72.8 Å². The maximum absolute atomic E-state index is 14.1. The third-order valence-electron chi connectivity index (χ3n) is 11.4. The van der Waals surface area contributed by atoms with E-state index in [9.17, 15) is 56.9 Å². The highest BCUT2D eigenvalue weighted by atomic mass is 32.2. The van der Waals surface area contributed by atoms with Gasteiger partial charge >= 0.3 is 24.7 Å². The molecule has 338 valence electrons. The molecule has 0 saturated carbocycles. The molecule has 0 aromatic heterocycles. The monoisotopic (exact) mass is 934 g/mol. The fourth-order valence-electron chi connectivity index (χ4n) is 8.14. The van der Waals surface area contributed by atoms with Gasteiger partial charge in [-0.15, -0.1) is 0 Å². The van der Waals surface area contributed by atoms with Gasteiger partial charge in [0.2, 0.25) is 0 Å². The van der Waals surface area contributed by atoms with E-state index in [-0.39, 0.29) is 21.9 Å². The molecule has 15 heteroatoms. The third-order valence-corrected chi connectivity index (χ3v) is 14.2. The van der Waals surface area contributed by atoms with Crippen molar-refractivity contribution < 1.29 is 56.9 Å². The van der Waals surface area contributed by atoms with Crippen molar-refractivity contribution >= 4 is 48.7 Å². The summed E-state index contributed by atoms with van der Waals surface area (Å²) in [6, 6.07) is 47.8. The molecule has 0 aliphatic heterocycles. The number of hydrogen-bond acceptors (Lipinski definition) is 1. The Kier molecular flexibility index (Phi) is 13.2. The first-order valence-corrected chi connectivity index (χ1v) is 21.8. The minimum Gasteiger partial charge on any atom is -0.195 e. The summed E-state index contributed by atoms with van der Waals surface area (Å²) in [5, 5.41) is 2.39. The van der Waals surface area contributed by atoms with Gasteiger partial charge in [-0.3, -0.25) is 0 Å². The lowest BCUT2D eigenvalue weighted by Crippen LogP contribution is -2.74. The first-order valence-electron chi connectivity index (χ1n) is 20.1. The van der Waals surface area contributed by atoms with Crippen LogP contribution in [-0.4, -0.2) is 6.15 Å². The molecule has 8 aromatic carbocycles. The predicted octanol–water partition coefficient (Wildman–Crippen LogP) is 13.1. The molecule has 0 heterocycles. The second-order valence-corrected chi connectivity index (χ2v) is 18.1. The lowest BCUT2D eigenvalue weighted by atomic mass is 9.13. The van der Waals surface area contributed by atoms with Crippen molar-refractivity contribution in [2.45, 2.75) is 40.2 Å². The van der Waals surface area contributed by atoms with Crippen LogP contribution in [0.15, 0.2) is 210 Å². The van der Waals surface area contributed by atoms with Gasteiger partial charge in [-0.2, -0.15) is 74.5 Å². The van der Waals surface area contributed by atoms with Crippen molar-refractivity contribution in [3.05, 3.63) is 228 Å². The first kappa shape index (κ1) is 47.4. The van der Waals surface area contributed by atoms with Gasteiger partial charge in [0.25, 0.3) is 0 Å². The normalized spacial score (nSPS) is 12.7.